The van der Waals surface area contributed by atoms with Crippen LogP contribution in [0.1, 0.15) is 18.9 Å². The van der Waals surface area contributed by atoms with Crippen molar-refractivity contribution in [1.29, 1.82) is 0 Å². The normalized spacial score (nSPS) is 12.7. The van der Waals surface area contributed by atoms with Gasteiger partial charge in [0.05, 0.1) is 16.6 Å². The highest BCUT2D eigenvalue weighted by atomic mass is 35.5. The molecule has 0 saturated carbocycles. The molecule has 7 heteroatoms. The lowest BCUT2D eigenvalue weighted by Gasteiger charge is -2.03. The summed E-state index contributed by atoms with van der Waals surface area (Å²) in [5.74, 6) is -1.24. The standard InChI is InChI=1S/C11H10ClF2N3O/c1-5(15-2)10-16-17-11(18-10)6-3-9(14)7(12)4-8(6)13/h3-5,15H,1-2H3. The number of aromatic nitrogens is 2. The fraction of sp³-hybridized carbons (Fsp3) is 0.273. The monoisotopic (exact) mass is 273 g/mol. The van der Waals surface area contributed by atoms with E-state index in [1.807, 2.05) is 0 Å². The van der Waals surface area contributed by atoms with E-state index in [-0.39, 0.29) is 22.5 Å². The highest BCUT2D eigenvalue weighted by Crippen LogP contribution is 2.27. The van der Waals surface area contributed by atoms with Crippen molar-refractivity contribution < 1.29 is 13.2 Å². The predicted octanol–water partition coefficient (Wildman–Crippen LogP) is 2.95. The molecule has 1 aromatic heterocycles. The fourth-order valence-electron chi connectivity index (χ4n) is 1.33. The number of halogens is 3. The van der Waals surface area contributed by atoms with Crippen molar-refractivity contribution in [2.24, 2.45) is 0 Å². The molecule has 0 saturated heterocycles. The Kier molecular flexibility index (Phi) is 3.58. The zero-order chi connectivity index (χ0) is 13.3. The lowest BCUT2D eigenvalue weighted by molar-refractivity contribution is 0.439. The predicted molar refractivity (Wildman–Crippen MR) is 62.1 cm³/mol. The molecule has 0 spiro atoms. The summed E-state index contributed by atoms with van der Waals surface area (Å²) in [5, 5.41) is 10.0. The van der Waals surface area contributed by atoms with Crippen LogP contribution in [0, 0.1) is 11.6 Å². The summed E-state index contributed by atoms with van der Waals surface area (Å²) in [5.41, 5.74) is -0.112. The quantitative estimate of drug-likeness (QED) is 0.874. The van der Waals surface area contributed by atoms with E-state index in [2.05, 4.69) is 15.5 Å². The van der Waals surface area contributed by atoms with Crippen molar-refractivity contribution in [3.63, 3.8) is 0 Å². The first-order valence-electron chi connectivity index (χ1n) is 5.18. The molecule has 1 unspecified atom stereocenters. The second kappa shape index (κ2) is 4.99. The third-order valence-electron chi connectivity index (χ3n) is 2.48. The van der Waals surface area contributed by atoms with Crippen LogP contribution in [0.15, 0.2) is 16.5 Å². The van der Waals surface area contributed by atoms with Gasteiger partial charge in [-0.15, -0.1) is 10.2 Å². The van der Waals surface area contributed by atoms with Crippen molar-refractivity contribution in [3.05, 3.63) is 34.7 Å². The van der Waals surface area contributed by atoms with Gasteiger partial charge in [-0.3, -0.25) is 0 Å². The highest BCUT2D eigenvalue weighted by Gasteiger charge is 2.18. The lowest BCUT2D eigenvalue weighted by Crippen LogP contribution is -2.12. The van der Waals surface area contributed by atoms with Crippen LogP contribution in [0.2, 0.25) is 5.02 Å². The van der Waals surface area contributed by atoms with Crippen LogP contribution < -0.4 is 5.32 Å². The minimum atomic E-state index is -0.741. The molecule has 0 aliphatic carbocycles. The molecule has 1 heterocycles. The number of hydrogen-bond acceptors (Lipinski definition) is 4. The molecule has 0 aliphatic heterocycles. The zero-order valence-electron chi connectivity index (χ0n) is 9.67. The Morgan fingerprint density at radius 3 is 2.67 bits per heavy atom. The van der Waals surface area contributed by atoms with Gasteiger partial charge in [-0.05, 0) is 26.1 Å². The molecule has 96 valence electrons. The van der Waals surface area contributed by atoms with Gasteiger partial charge in [0, 0.05) is 0 Å². The maximum Gasteiger partial charge on any atom is 0.250 e. The molecule has 0 amide bonds. The molecule has 1 N–H and O–H groups in total. The Labute approximate surface area is 107 Å². The van der Waals surface area contributed by atoms with Gasteiger partial charge in [0.25, 0.3) is 5.89 Å². The Hall–Kier alpha value is -1.53. The summed E-state index contributed by atoms with van der Waals surface area (Å²) in [6.45, 7) is 1.80. The Bertz CT molecular complexity index is 573. The molecule has 18 heavy (non-hydrogen) atoms. The van der Waals surface area contributed by atoms with Crippen LogP contribution in [0.5, 0.6) is 0 Å². The van der Waals surface area contributed by atoms with Crippen molar-refractivity contribution >= 4 is 11.6 Å². The van der Waals surface area contributed by atoms with Gasteiger partial charge in [-0.25, -0.2) is 8.78 Å². The van der Waals surface area contributed by atoms with Crippen LogP contribution in [-0.2, 0) is 0 Å². The van der Waals surface area contributed by atoms with Crippen molar-refractivity contribution in [2.75, 3.05) is 7.05 Å². The Morgan fingerprint density at radius 2 is 2.00 bits per heavy atom. The molecule has 2 aromatic rings. The molecule has 0 bridgehead atoms. The maximum absolute atomic E-state index is 13.6. The second-order valence-corrected chi connectivity index (χ2v) is 4.11. The van der Waals surface area contributed by atoms with Gasteiger partial charge in [0.1, 0.15) is 11.6 Å². The summed E-state index contributed by atoms with van der Waals surface area (Å²) < 4.78 is 32.2. The van der Waals surface area contributed by atoms with Gasteiger partial charge >= 0.3 is 0 Å². The maximum atomic E-state index is 13.6. The van der Waals surface area contributed by atoms with Gasteiger partial charge < -0.3 is 9.73 Å². The van der Waals surface area contributed by atoms with E-state index in [0.29, 0.717) is 5.89 Å². The average molecular weight is 274 g/mol. The molecule has 1 aromatic carbocycles. The summed E-state index contributed by atoms with van der Waals surface area (Å²) in [6, 6.07) is 1.63. The molecule has 0 aliphatic rings. The Balaban J connectivity index is 2.43. The van der Waals surface area contributed by atoms with Crippen molar-refractivity contribution in [3.8, 4) is 11.5 Å². The van der Waals surface area contributed by atoms with Gasteiger partial charge in [0.2, 0.25) is 5.89 Å². The van der Waals surface area contributed by atoms with Gasteiger partial charge in [-0.1, -0.05) is 11.6 Å². The SMILES string of the molecule is CNC(C)c1nnc(-c2cc(F)c(Cl)cc2F)o1. The molecule has 2 rings (SSSR count). The number of rotatable bonds is 3. The fourth-order valence-corrected chi connectivity index (χ4v) is 1.48. The van der Waals surface area contributed by atoms with E-state index in [9.17, 15) is 8.78 Å². The summed E-state index contributed by atoms with van der Waals surface area (Å²) in [4.78, 5) is 0. The topological polar surface area (TPSA) is 51.0 Å². The van der Waals surface area contributed by atoms with Crippen LogP contribution in [-0.4, -0.2) is 17.2 Å². The highest BCUT2D eigenvalue weighted by molar-refractivity contribution is 6.30. The smallest absolute Gasteiger partial charge is 0.250 e. The van der Waals surface area contributed by atoms with Gasteiger partial charge in [0.15, 0.2) is 0 Å². The lowest BCUT2D eigenvalue weighted by atomic mass is 10.2. The first-order valence-corrected chi connectivity index (χ1v) is 5.56. The first-order chi connectivity index (χ1) is 8.52. The van der Waals surface area contributed by atoms with Crippen molar-refractivity contribution in [2.45, 2.75) is 13.0 Å². The molecular formula is C11H10ClF2N3O. The molecular weight excluding hydrogens is 264 g/mol. The Morgan fingerprint density at radius 1 is 1.28 bits per heavy atom. The third kappa shape index (κ3) is 2.34. The number of nitrogens with one attached hydrogen (secondary N) is 1. The van der Waals surface area contributed by atoms with E-state index < -0.39 is 11.6 Å². The summed E-state index contributed by atoms with van der Waals surface area (Å²) in [6.07, 6.45) is 0. The van der Waals surface area contributed by atoms with E-state index in [4.69, 9.17) is 16.0 Å². The minimum Gasteiger partial charge on any atom is -0.419 e. The second-order valence-electron chi connectivity index (χ2n) is 3.70. The average Bonchev–Trinajstić information content (AvgIpc) is 2.82. The van der Waals surface area contributed by atoms with Crippen LogP contribution >= 0.6 is 11.6 Å². The third-order valence-corrected chi connectivity index (χ3v) is 2.77. The van der Waals surface area contributed by atoms with Crippen LogP contribution in [0.4, 0.5) is 8.78 Å². The van der Waals surface area contributed by atoms with Crippen LogP contribution in [0.3, 0.4) is 0 Å². The molecule has 1 atom stereocenters. The van der Waals surface area contributed by atoms with Gasteiger partial charge in [-0.2, -0.15) is 0 Å². The summed E-state index contributed by atoms with van der Waals surface area (Å²) in [7, 11) is 1.72. The van der Waals surface area contributed by atoms with Crippen LogP contribution in [0.25, 0.3) is 11.5 Å². The molecule has 0 fully saturated rings. The largest absolute Gasteiger partial charge is 0.419 e. The number of nitrogens with zero attached hydrogens (tertiary/aromatic N) is 2. The van der Waals surface area contributed by atoms with E-state index >= 15 is 0 Å². The first kappa shape index (κ1) is 12.9. The summed E-state index contributed by atoms with van der Waals surface area (Å²) >= 11 is 5.46. The van der Waals surface area contributed by atoms with E-state index in [0.717, 1.165) is 12.1 Å². The number of hydrogen-bond donors (Lipinski definition) is 1. The zero-order valence-corrected chi connectivity index (χ0v) is 10.4. The molecule has 0 radical (unpaired) electrons. The van der Waals surface area contributed by atoms with E-state index in [1.54, 1.807) is 14.0 Å². The minimum absolute atomic E-state index is 0.0832. The molecule has 4 nitrogen and oxygen atoms in total. The van der Waals surface area contributed by atoms with E-state index in [1.165, 1.54) is 0 Å². The number of benzene rings is 1. The van der Waals surface area contributed by atoms with Crippen molar-refractivity contribution in [1.82, 2.24) is 15.5 Å².